The van der Waals surface area contributed by atoms with Crippen LogP contribution in [0.3, 0.4) is 0 Å². The zero-order valence-corrected chi connectivity index (χ0v) is 16.0. The molecule has 1 atom stereocenters. The summed E-state index contributed by atoms with van der Waals surface area (Å²) in [6, 6.07) is 13.2. The van der Waals surface area contributed by atoms with Gasteiger partial charge in [0, 0.05) is 6.07 Å². The maximum atomic E-state index is 13.2. The number of methoxy groups -OCH3 is 1. The van der Waals surface area contributed by atoms with Crippen LogP contribution in [0.1, 0.15) is 36.1 Å². The lowest BCUT2D eigenvalue weighted by atomic mass is 10.0. The number of rotatable bonds is 7. The Morgan fingerprint density at radius 1 is 1.25 bits per heavy atom. The lowest BCUT2D eigenvalue weighted by Crippen LogP contribution is -2.12. The topological polar surface area (TPSA) is 44.8 Å². The second-order valence-electron chi connectivity index (χ2n) is 6.65. The number of esters is 1. The molecule has 0 aromatic heterocycles. The standard InChI is InChI=1S/C23H23FO4/c1-15(11-16(2)24)18-8-7-17-9-10-22(21(17)12-18)28-20-6-4-5-19(13-20)27-14-23(25)26-3/h4-8,11-13,22H,1,9-10,14H2,2-3H3/b16-11+. The fraction of sp³-hybridized carbons (Fsp3) is 0.261. The first-order valence-electron chi connectivity index (χ1n) is 9.08. The van der Waals surface area contributed by atoms with E-state index in [0.717, 1.165) is 24.0 Å². The van der Waals surface area contributed by atoms with E-state index in [0.29, 0.717) is 17.1 Å². The van der Waals surface area contributed by atoms with Crippen LogP contribution in [0, 0.1) is 0 Å². The van der Waals surface area contributed by atoms with Gasteiger partial charge >= 0.3 is 5.97 Å². The summed E-state index contributed by atoms with van der Waals surface area (Å²) in [5.74, 6) is 0.471. The van der Waals surface area contributed by atoms with Crippen LogP contribution in [0.5, 0.6) is 11.5 Å². The molecule has 1 aliphatic rings. The Bertz CT molecular complexity index is 913. The van der Waals surface area contributed by atoms with Gasteiger partial charge in [0.05, 0.1) is 12.9 Å². The lowest BCUT2D eigenvalue weighted by Gasteiger charge is -2.16. The molecule has 0 fully saturated rings. The smallest absolute Gasteiger partial charge is 0.343 e. The molecule has 1 aliphatic carbocycles. The fourth-order valence-corrected chi connectivity index (χ4v) is 3.21. The van der Waals surface area contributed by atoms with Crippen molar-refractivity contribution in [2.24, 2.45) is 0 Å². The number of aryl methyl sites for hydroxylation is 1. The number of allylic oxidation sites excluding steroid dienone is 3. The summed E-state index contributed by atoms with van der Waals surface area (Å²) in [5, 5.41) is 0. The minimum Gasteiger partial charge on any atom is -0.486 e. The van der Waals surface area contributed by atoms with Crippen LogP contribution in [0.2, 0.25) is 0 Å². The van der Waals surface area contributed by atoms with E-state index in [1.165, 1.54) is 25.7 Å². The average molecular weight is 382 g/mol. The van der Waals surface area contributed by atoms with E-state index in [1.807, 2.05) is 24.3 Å². The number of hydrogen-bond acceptors (Lipinski definition) is 4. The molecule has 0 amide bonds. The van der Waals surface area contributed by atoms with E-state index in [1.54, 1.807) is 12.1 Å². The summed E-state index contributed by atoms with van der Waals surface area (Å²) in [7, 11) is 1.32. The Morgan fingerprint density at radius 3 is 2.79 bits per heavy atom. The molecule has 2 aromatic carbocycles. The highest BCUT2D eigenvalue weighted by Gasteiger charge is 2.24. The first-order valence-corrected chi connectivity index (χ1v) is 9.08. The second kappa shape index (κ2) is 8.74. The van der Waals surface area contributed by atoms with E-state index in [9.17, 15) is 9.18 Å². The SMILES string of the molecule is C=C(/C=C(\C)F)c1ccc2c(c1)C(Oc1cccc(OCC(=O)OC)c1)CC2. The van der Waals surface area contributed by atoms with Crippen molar-refractivity contribution in [2.45, 2.75) is 25.9 Å². The number of carbonyl (C=O) groups is 1. The Balaban J connectivity index is 1.75. The van der Waals surface area contributed by atoms with Crippen LogP contribution in [0.15, 0.2) is 60.9 Å². The van der Waals surface area contributed by atoms with Gasteiger partial charge in [0.15, 0.2) is 6.61 Å². The molecule has 0 spiro atoms. The molecule has 0 saturated carbocycles. The summed E-state index contributed by atoms with van der Waals surface area (Å²) in [4.78, 5) is 11.2. The third kappa shape index (κ3) is 4.80. The maximum Gasteiger partial charge on any atom is 0.343 e. The number of benzene rings is 2. The molecule has 5 heteroatoms. The maximum absolute atomic E-state index is 13.2. The Labute approximate surface area is 164 Å². The van der Waals surface area contributed by atoms with Crippen LogP contribution < -0.4 is 9.47 Å². The summed E-state index contributed by atoms with van der Waals surface area (Å²) >= 11 is 0. The summed E-state index contributed by atoms with van der Waals surface area (Å²) in [6.45, 7) is 5.19. The van der Waals surface area contributed by atoms with E-state index < -0.39 is 5.97 Å². The van der Waals surface area contributed by atoms with E-state index in [-0.39, 0.29) is 18.5 Å². The predicted octanol–water partition coefficient (Wildman–Crippen LogP) is 5.19. The number of hydrogen-bond donors (Lipinski definition) is 0. The predicted molar refractivity (Wildman–Crippen MR) is 106 cm³/mol. The molecular weight excluding hydrogens is 359 g/mol. The van der Waals surface area contributed by atoms with Crippen LogP contribution in [0.4, 0.5) is 4.39 Å². The molecule has 4 nitrogen and oxygen atoms in total. The van der Waals surface area contributed by atoms with Gasteiger partial charge in [0.25, 0.3) is 0 Å². The minimum absolute atomic E-state index is 0.103. The zero-order valence-electron chi connectivity index (χ0n) is 16.0. The van der Waals surface area contributed by atoms with Crippen LogP contribution in [-0.4, -0.2) is 19.7 Å². The molecule has 0 bridgehead atoms. The van der Waals surface area contributed by atoms with Crippen molar-refractivity contribution < 1.29 is 23.4 Å². The molecule has 28 heavy (non-hydrogen) atoms. The average Bonchev–Trinajstić information content (AvgIpc) is 3.08. The molecule has 0 N–H and O–H groups in total. The van der Waals surface area contributed by atoms with Gasteiger partial charge in [-0.05, 0) is 66.3 Å². The molecule has 0 saturated heterocycles. The van der Waals surface area contributed by atoms with Crippen molar-refractivity contribution >= 4 is 11.5 Å². The summed E-state index contributed by atoms with van der Waals surface area (Å²) in [6.07, 6.45) is 3.10. The van der Waals surface area contributed by atoms with Crippen molar-refractivity contribution in [3.8, 4) is 11.5 Å². The first kappa shape index (κ1) is 19.7. The van der Waals surface area contributed by atoms with Crippen LogP contribution >= 0.6 is 0 Å². The van der Waals surface area contributed by atoms with Crippen LogP contribution in [0.25, 0.3) is 5.57 Å². The number of halogens is 1. The quantitative estimate of drug-likeness (QED) is 0.488. The normalized spacial score (nSPS) is 15.7. The number of fused-ring (bicyclic) bond motifs is 1. The third-order valence-corrected chi connectivity index (χ3v) is 4.58. The first-order chi connectivity index (χ1) is 13.5. The fourth-order valence-electron chi connectivity index (χ4n) is 3.21. The molecule has 2 aromatic rings. The highest BCUT2D eigenvalue weighted by atomic mass is 19.1. The van der Waals surface area contributed by atoms with E-state index >= 15 is 0 Å². The Morgan fingerprint density at radius 2 is 2.04 bits per heavy atom. The van der Waals surface area contributed by atoms with Crippen molar-refractivity contribution in [3.63, 3.8) is 0 Å². The Hall–Kier alpha value is -3.08. The van der Waals surface area contributed by atoms with Gasteiger partial charge in [-0.3, -0.25) is 0 Å². The van der Waals surface area contributed by atoms with Crippen LogP contribution in [-0.2, 0) is 16.0 Å². The van der Waals surface area contributed by atoms with Gasteiger partial charge in [-0.15, -0.1) is 0 Å². The van der Waals surface area contributed by atoms with Gasteiger partial charge in [-0.25, -0.2) is 9.18 Å². The van der Waals surface area contributed by atoms with Gasteiger partial charge in [0.2, 0.25) is 0 Å². The van der Waals surface area contributed by atoms with Gasteiger partial charge in [-0.2, -0.15) is 0 Å². The second-order valence-corrected chi connectivity index (χ2v) is 6.65. The largest absolute Gasteiger partial charge is 0.486 e. The molecule has 1 unspecified atom stereocenters. The van der Waals surface area contributed by atoms with E-state index in [2.05, 4.69) is 17.4 Å². The summed E-state index contributed by atoms with van der Waals surface area (Å²) in [5.41, 5.74) is 3.82. The molecule has 0 radical (unpaired) electrons. The van der Waals surface area contributed by atoms with Gasteiger partial charge < -0.3 is 14.2 Å². The lowest BCUT2D eigenvalue weighted by molar-refractivity contribution is -0.142. The van der Waals surface area contributed by atoms with Crippen molar-refractivity contribution in [3.05, 3.63) is 77.6 Å². The van der Waals surface area contributed by atoms with Gasteiger partial charge in [0.1, 0.15) is 17.6 Å². The molecule has 0 aliphatic heterocycles. The van der Waals surface area contributed by atoms with Crippen molar-refractivity contribution in [1.82, 2.24) is 0 Å². The molecular formula is C23H23FO4. The number of carbonyl (C=O) groups excluding carboxylic acids is 1. The molecule has 0 heterocycles. The highest BCUT2D eigenvalue weighted by molar-refractivity contribution is 5.73. The Kier molecular flexibility index (Phi) is 6.14. The summed E-state index contributed by atoms with van der Waals surface area (Å²) < 4.78 is 29.3. The monoisotopic (exact) mass is 382 g/mol. The molecule has 146 valence electrons. The van der Waals surface area contributed by atoms with E-state index in [4.69, 9.17) is 9.47 Å². The van der Waals surface area contributed by atoms with Crippen molar-refractivity contribution in [1.29, 1.82) is 0 Å². The highest BCUT2D eigenvalue weighted by Crippen LogP contribution is 2.37. The zero-order chi connectivity index (χ0) is 20.1. The van der Waals surface area contributed by atoms with Crippen molar-refractivity contribution in [2.75, 3.05) is 13.7 Å². The van der Waals surface area contributed by atoms with Gasteiger partial charge in [-0.1, -0.05) is 24.8 Å². The minimum atomic E-state index is -0.443. The third-order valence-electron chi connectivity index (χ3n) is 4.58. The molecule has 3 rings (SSSR count). The number of ether oxygens (including phenoxy) is 3.